The molecule has 8 heteroatoms. The third-order valence-electron chi connectivity index (χ3n) is 4.16. The van der Waals surface area contributed by atoms with Crippen molar-refractivity contribution in [1.82, 2.24) is 14.2 Å². The van der Waals surface area contributed by atoms with Gasteiger partial charge in [-0.3, -0.25) is 4.79 Å². The predicted octanol–water partition coefficient (Wildman–Crippen LogP) is 1.97. The molecule has 0 spiro atoms. The van der Waals surface area contributed by atoms with Crippen molar-refractivity contribution >= 4 is 15.9 Å². The summed E-state index contributed by atoms with van der Waals surface area (Å²) in [7, 11) is -2.20. The average molecular weight is 351 g/mol. The number of hydrogen-bond acceptors (Lipinski definition) is 4. The first-order valence-corrected chi connectivity index (χ1v) is 9.31. The second-order valence-electron chi connectivity index (χ2n) is 6.02. The van der Waals surface area contributed by atoms with Gasteiger partial charge in [-0.05, 0) is 38.0 Å². The molecule has 0 aromatic carbocycles. The maximum atomic E-state index is 12.6. The van der Waals surface area contributed by atoms with Crippen LogP contribution in [0.1, 0.15) is 34.9 Å². The molecule has 2 aromatic rings. The van der Waals surface area contributed by atoms with Crippen LogP contribution in [0.4, 0.5) is 0 Å². The van der Waals surface area contributed by atoms with Gasteiger partial charge in [-0.15, -0.1) is 0 Å². The number of carbonyl (C=O) groups excluding carboxylic acids is 1. The van der Waals surface area contributed by atoms with Crippen LogP contribution in [0.5, 0.6) is 0 Å². The Labute approximate surface area is 141 Å². The zero-order valence-corrected chi connectivity index (χ0v) is 14.6. The first kappa shape index (κ1) is 16.8. The van der Waals surface area contributed by atoms with Crippen LogP contribution in [-0.4, -0.2) is 48.7 Å². The van der Waals surface area contributed by atoms with Crippen molar-refractivity contribution in [3.63, 3.8) is 0 Å². The smallest absolute Gasteiger partial charge is 0.270 e. The number of aromatic amines is 1. The number of likely N-dealkylation sites (tertiary alicyclic amines) is 1. The van der Waals surface area contributed by atoms with E-state index in [1.807, 2.05) is 0 Å². The molecule has 0 saturated carbocycles. The minimum absolute atomic E-state index is 0.0795. The molecule has 1 aliphatic rings. The summed E-state index contributed by atoms with van der Waals surface area (Å²) in [5.74, 6) is 1.15. The SMILES string of the molecule is Cc1ccc(CN(C)S(=O)(=O)c2c[nH]c(C(=O)N3CCCC3)c2)o1. The Morgan fingerprint density at radius 2 is 2.04 bits per heavy atom. The van der Waals surface area contributed by atoms with Gasteiger partial charge in [-0.2, -0.15) is 4.31 Å². The molecule has 0 atom stereocenters. The number of sulfonamides is 1. The molecule has 7 nitrogen and oxygen atoms in total. The molecule has 3 heterocycles. The van der Waals surface area contributed by atoms with Gasteiger partial charge < -0.3 is 14.3 Å². The molecule has 1 fully saturated rings. The Bertz CT molecular complexity index is 831. The van der Waals surface area contributed by atoms with E-state index in [0.29, 0.717) is 11.5 Å². The average Bonchev–Trinajstić information content (AvgIpc) is 3.28. The maximum absolute atomic E-state index is 12.6. The Morgan fingerprint density at radius 1 is 1.33 bits per heavy atom. The molecule has 0 bridgehead atoms. The Kier molecular flexibility index (Phi) is 4.51. The van der Waals surface area contributed by atoms with E-state index in [0.717, 1.165) is 31.7 Å². The quantitative estimate of drug-likeness (QED) is 0.892. The van der Waals surface area contributed by atoms with Gasteiger partial charge in [-0.25, -0.2) is 8.42 Å². The van der Waals surface area contributed by atoms with Crippen LogP contribution >= 0.6 is 0 Å². The minimum atomic E-state index is -3.69. The zero-order chi connectivity index (χ0) is 17.3. The number of aryl methyl sites for hydroxylation is 1. The zero-order valence-electron chi connectivity index (χ0n) is 13.8. The Hall–Kier alpha value is -2.06. The van der Waals surface area contributed by atoms with Crippen LogP contribution in [0.15, 0.2) is 33.7 Å². The molecule has 1 amide bonds. The summed E-state index contributed by atoms with van der Waals surface area (Å²) in [6, 6.07) is 4.94. The summed E-state index contributed by atoms with van der Waals surface area (Å²) in [5, 5.41) is 0. The number of hydrogen-bond donors (Lipinski definition) is 1. The number of aromatic nitrogens is 1. The molecular formula is C16H21N3O4S. The summed E-state index contributed by atoms with van der Waals surface area (Å²) in [6.07, 6.45) is 3.34. The second kappa shape index (κ2) is 6.45. The van der Waals surface area contributed by atoms with Gasteiger partial charge in [0.25, 0.3) is 5.91 Å². The van der Waals surface area contributed by atoms with E-state index in [4.69, 9.17) is 4.42 Å². The van der Waals surface area contributed by atoms with E-state index in [1.165, 1.54) is 23.6 Å². The maximum Gasteiger partial charge on any atom is 0.270 e. The van der Waals surface area contributed by atoms with Gasteiger partial charge >= 0.3 is 0 Å². The largest absolute Gasteiger partial charge is 0.465 e. The van der Waals surface area contributed by atoms with E-state index < -0.39 is 10.0 Å². The van der Waals surface area contributed by atoms with Crippen molar-refractivity contribution in [3.05, 3.63) is 41.6 Å². The van der Waals surface area contributed by atoms with Crippen molar-refractivity contribution in [2.45, 2.75) is 31.2 Å². The topological polar surface area (TPSA) is 86.6 Å². The van der Waals surface area contributed by atoms with Gasteiger partial charge in [0.1, 0.15) is 22.1 Å². The lowest BCUT2D eigenvalue weighted by Gasteiger charge is -2.15. The highest BCUT2D eigenvalue weighted by molar-refractivity contribution is 7.89. The van der Waals surface area contributed by atoms with Crippen molar-refractivity contribution in [2.24, 2.45) is 0 Å². The highest BCUT2D eigenvalue weighted by Gasteiger charge is 2.26. The van der Waals surface area contributed by atoms with Crippen molar-refractivity contribution in [2.75, 3.05) is 20.1 Å². The summed E-state index contributed by atoms with van der Waals surface area (Å²) in [6.45, 7) is 3.38. The molecule has 3 rings (SSSR count). The third-order valence-corrected chi connectivity index (χ3v) is 5.94. The van der Waals surface area contributed by atoms with Crippen molar-refractivity contribution in [1.29, 1.82) is 0 Å². The van der Waals surface area contributed by atoms with Gasteiger partial charge in [0.05, 0.1) is 6.54 Å². The number of carbonyl (C=O) groups is 1. The lowest BCUT2D eigenvalue weighted by atomic mass is 10.4. The van der Waals surface area contributed by atoms with Crippen LogP contribution in [-0.2, 0) is 16.6 Å². The fourth-order valence-corrected chi connectivity index (χ4v) is 3.92. The van der Waals surface area contributed by atoms with Crippen LogP contribution < -0.4 is 0 Å². The molecular weight excluding hydrogens is 330 g/mol. The number of furan rings is 1. The lowest BCUT2D eigenvalue weighted by molar-refractivity contribution is 0.0787. The minimum Gasteiger partial charge on any atom is -0.465 e. The number of nitrogens with zero attached hydrogens (tertiary/aromatic N) is 2. The molecule has 1 aliphatic heterocycles. The fourth-order valence-electron chi connectivity index (χ4n) is 2.79. The molecule has 130 valence electrons. The summed E-state index contributed by atoms with van der Waals surface area (Å²) in [5.41, 5.74) is 0.303. The number of nitrogens with one attached hydrogen (secondary N) is 1. The lowest BCUT2D eigenvalue weighted by Crippen LogP contribution is -2.28. The van der Waals surface area contributed by atoms with E-state index >= 15 is 0 Å². The number of amides is 1. The number of H-pyrrole nitrogens is 1. The monoisotopic (exact) mass is 351 g/mol. The Morgan fingerprint density at radius 3 is 2.67 bits per heavy atom. The number of rotatable bonds is 5. The highest BCUT2D eigenvalue weighted by Crippen LogP contribution is 2.20. The van der Waals surface area contributed by atoms with Gasteiger partial charge in [0.15, 0.2) is 0 Å². The molecule has 2 aromatic heterocycles. The summed E-state index contributed by atoms with van der Waals surface area (Å²) >= 11 is 0. The molecule has 24 heavy (non-hydrogen) atoms. The van der Waals surface area contributed by atoms with Crippen LogP contribution in [0.3, 0.4) is 0 Å². The predicted molar refractivity (Wildman–Crippen MR) is 88.0 cm³/mol. The highest BCUT2D eigenvalue weighted by atomic mass is 32.2. The van der Waals surface area contributed by atoms with Crippen molar-refractivity contribution < 1.29 is 17.6 Å². The van der Waals surface area contributed by atoms with E-state index in [1.54, 1.807) is 24.0 Å². The first-order valence-electron chi connectivity index (χ1n) is 7.87. The van der Waals surface area contributed by atoms with Gasteiger partial charge in [-0.1, -0.05) is 0 Å². The molecule has 1 N–H and O–H groups in total. The van der Waals surface area contributed by atoms with E-state index in [-0.39, 0.29) is 17.3 Å². The van der Waals surface area contributed by atoms with E-state index in [9.17, 15) is 13.2 Å². The molecule has 0 radical (unpaired) electrons. The standard InChI is InChI=1S/C16H21N3O4S/c1-12-5-6-13(23-12)11-18(2)24(21,22)14-9-15(17-10-14)16(20)19-7-3-4-8-19/h5-6,9-10,17H,3-4,7-8,11H2,1-2H3. The van der Waals surface area contributed by atoms with Crippen LogP contribution in [0.25, 0.3) is 0 Å². The van der Waals surface area contributed by atoms with Crippen LogP contribution in [0, 0.1) is 6.92 Å². The normalized spacial score (nSPS) is 15.4. The fraction of sp³-hybridized carbons (Fsp3) is 0.438. The van der Waals surface area contributed by atoms with Gasteiger partial charge in [0.2, 0.25) is 10.0 Å². The van der Waals surface area contributed by atoms with Crippen LogP contribution in [0.2, 0.25) is 0 Å². The summed E-state index contributed by atoms with van der Waals surface area (Å²) in [4.78, 5) is 16.9. The molecule has 0 aliphatic carbocycles. The van der Waals surface area contributed by atoms with Crippen molar-refractivity contribution in [3.8, 4) is 0 Å². The molecule has 1 saturated heterocycles. The Balaban J connectivity index is 1.76. The first-order chi connectivity index (χ1) is 11.4. The summed E-state index contributed by atoms with van der Waals surface area (Å²) < 4.78 is 31.9. The molecule has 0 unspecified atom stereocenters. The van der Waals surface area contributed by atoms with Gasteiger partial charge in [0, 0.05) is 26.3 Å². The van der Waals surface area contributed by atoms with E-state index in [2.05, 4.69) is 4.98 Å². The third kappa shape index (κ3) is 3.25. The second-order valence-corrected chi connectivity index (χ2v) is 8.07.